The van der Waals surface area contributed by atoms with Crippen LogP contribution in [0.3, 0.4) is 0 Å². The van der Waals surface area contributed by atoms with E-state index in [0.717, 1.165) is 117 Å². The van der Waals surface area contributed by atoms with E-state index in [4.69, 9.17) is 19.8 Å². The highest BCUT2D eigenvalue weighted by molar-refractivity contribution is 5.86. The highest BCUT2D eigenvalue weighted by Crippen LogP contribution is 2.42. The molecule has 2 atom stereocenters. The van der Waals surface area contributed by atoms with Crippen LogP contribution in [0.4, 0.5) is 17.5 Å². The van der Waals surface area contributed by atoms with Crippen molar-refractivity contribution < 1.29 is 19.7 Å². The molecule has 0 radical (unpaired) electrons. The zero-order chi connectivity index (χ0) is 35.1. The molecule has 10 nitrogen and oxygen atoms in total. The van der Waals surface area contributed by atoms with Gasteiger partial charge >= 0.3 is 5.97 Å². The van der Waals surface area contributed by atoms with Crippen LogP contribution < -0.4 is 14.7 Å². The fourth-order valence-electron chi connectivity index (χ4n) is 7.76. The Kier molecular flexibility index (Phi) is 9.93. The fraction of sp³-hybridized carbons (Fsp3) is 0.590. The first kappa shape index (κ1) is 35.1. The number of carboxylic acid groups (broad SMARTS) is 1. The molecule has 2 N–H and O–H groups in total. The minimum Gasteiger partial charge on any atom is -0.481 e. The molecule has 4 aliphatic rings. The standard InChI is InChI=1S/C35H44N6O3.C4H10O/c1-22-29(18-31(42)43)33(39-15-11-35(3,4)12-16-39)32(23(2)37-22)25-5-6-26-19-40(14-10-24(26)17-25)30-9-13-36-34(38-30)41-27-7-8-28(41)21-44-20-27;1-4(2,3)5/h5-6,9,13,17,27-28H,7-8,10-12,14-16,18-21H2,1-4H3,(H,42,43);5H,1-3H3. The molecule has 3 saturated heterocycles. The number of carbonyl (C=O) groups is 1. The summed E-state index contributed by atoms with van der Waals surface area (Å²) in [6.45, 7) is 18.9. The summed E-state index contributed by atoms with van der Waals surface area (Å²) in [6, 6.07) is 9.57. The smallest absolute Gasteiger partial charge is 0.307 e. The van der Waals surface area contributed by atoms with Gasteiger partial charge in [-0.2, -0.15) is 4.98 Å². The first-order valence-electron chi connectivity index (χ1n) is 17.9. The van der Waals surface area contributed by atoms with E-state index in [1.807, 2.05) is 19.2 Å². The zero-order valence-electron chi connectivity index (χ0n) is 30.4. The van der Waals surface area contributed by atoms with Gasteiger partial charge < -0.3 is 29.6 Å². The van der Waals surface area contributed by atoms with E-state index in [1.54, 1.807) is 20.8 Å². The van der Waals surface area contributed by atoms with Gasteiger partial charge in [-0.25, -0.2) is 4.98 Å². The van der Waals surface area contributed by atoms with Crippen molar-refractivity contribution in [1.29, 1.82) is 0 Å². The first-order valence-corrected chi connectivity index (χ1v) is 17.9. The van der Waals surface area contributed by atoms with Crippen molar-refractivity contribution in [2.24, 2.45) is 5.41 Å². The Hall–Kier alpha value is -3.76. The molecule has 10 heteroatoms. The third kappa shape index (κ3) is 8.01. The predicted octanol–water partition coefficient (Wildman–Crippen LogP) is 6.12. The van der Waals surface area contributed by atoms with Crippen molar-refractivity contribution in [2.75, 3.05) is 47.5 Å². The second-order valence-electron chi connectivity index (χ2n) is 16.1. The van der Waals surface area contributed by atoms with Crippen LogP contribution in [-0.2, 0) is 28.9 Å². The van der Waals surface area contributed by atoms with Crippen molar-refractivity contribution in [3.05, 3.63) is 58.5 Å². The number of ether oxygens (including phenoxy) is 1. The van der Waals surface area contributed by atoms with Gasteiger partial charge in [-0.3, -0.25) is 9.78 Å². The Morgan fingerprint density at radius 3 is 2.29 bits per heavy atom. The van der Waals surface area contributed by atoms with Crippen molar-refractivity contribution >= 4 is 23.4 Å². The molecule has 1 aromatic carbocycles. The van der Waals surface area contributed by atoms with Crippen LogP contribution in [0.2, 0.25) is 0 Å². The molecule has 3 aromatic rings. The van der Waals surface area contributed by atoms with Crippen LogP contribution in [0.5, 0.6) is 0 Å². The van der Waals surface area contributed by atoms with E-state index in [1.165, 1.54) is 11.1 Å². The number of nitrogens with zero attached hydrogens (tertiary/aromatic N) is 6. The number of rotatable bonds is 6. The summed E-state index contributed by atoms with van der Waals surface area (Å²) in [6.07, 6.45) is 7.24. The van der Waals surface area contributed by atoms with Gasteiger partial charge in [0.05, 0.1) is 43.0 Å². The van der Waals surface area contributed by atoms with E-state index in [9.17, 15) is 9.90 Å². The lowest BCUT2D eigenvalue weighted by Crippen LogP contribution is -2.47. The second-order valence-corrected chi connectivity index (χ2v) is 16.1. The monoisotopic (exact) mass is 670 g/mol. The number of fused-ring (bicyclic) bond motifs is 3. The number of aryl methyl sites for hydroxylation is 2. The molecular formula is C39H54N6O4. The number of hydrogen-bond donors (Lipinski definition) is 2. The third-order valence-electron chi connectivity index (χ3n) is 10.3. The van der Waals surface area contributed by atoms with Gasteiger partial charge in [-0.1, -0.05) is 32.0 Å². The summed E-state index contributed by atoms with van der Waals surface area (Å²) >= 11 is 0. The molecule has 6 heterocycles. The lowest BCUT2D eigenvalue weighted by atomic mass is 9.82. The van der Waals surface area contributed by atoms with Crippen LogP contribution in [0.1, 0.15) is 88.4 Å². The highest BCUT2D eigenvalue weighted by Gasteiger charge is 2.39. The molecule has 2 unspecified atom stereocenters. The number of morpholine rings is 1. The molecule has 3 fully saturated rings. The van der Waals surface area contributed by atoms with Crippen LogP contribution >= 0.6 is 0 Å². The normalized spacial score (nSPS) is 21.6. The molecule has 7 rings (SSSR count). The maximum absolute atomic E-state index is 12.0. The average Bonchev–Trinajstić information content (AvgIpc) is 3.28. The predicted molar refractivity (Wildman–Crippen MR) is 195 cm³/mol. The number of anilines is 3. The van der Waals surface area contributed by atoms with Crippen molar-refractivity contribution in [1.82, 2.24) is 15.0 Å². The lowest BCUT2D eigenvalue weighted by molar-refractivity contribution is -0.136. The summed E-state index contributed by atoms with van der Waals surface area (Å²) in [5.74, 6) is 0.985. The minimum absolute atomic E-state index is 0.0197. The molecule has 0 aliphatic carbocycles. The average molecular weight is 671 g/mol. The second kappa shape index (κ2) is 13.9. The molecule has 0 spiro atoms. The number of aliphatic hydroxyl groups is 1. The molecule has 2 bridgehead atoms. The first-order chi connectivity index (χ1) is 23.2. The van der Waals surface area contributed by atoms with Crippen LogP contribution in [0.25, 0.3) is 11.1 Å². The molecule has 0 amide bonds. The summed E-state index contributed by atoms with van der Waals surface area (Å²) in [5.41, 5.74) is 8.32. The van der Waals surface area contributed by atoms with Gasteiger partial charge in [-0.15, -0.1) is 0 Å². The Labute approximate surface area is 291 Å². The SMILES string of the molecule is CC(C)(C)O.Cc1nc(C)c(-c2ccc3c(c2)CCN(c2ccnc(N4C5CCC4COC5)n2)C3)c(N2CCC(C)(C)CC2)c1CC(=O)O. The Balaban J connectivity index is 0.000000778. The van der Waals surface area contributed by atoms with Crippen molar-refractivity contribution in [2.45, 2.75) is 111 Å². The molecular weight excluding hydrogens is 616 g/mol. The summed E-state index contributed by atoms with van der Waals surface area (Å²) in [4.78, 5) is 33.8. The van der Waals surface area contributed by atoms with Gasteiger partial charge in [0.15, 0.2) is 0 Å². The summed E-state index contributed by atoms with van der Waals surface area (Å²) in [5, 5.41) is 18.4. The Morgan fingerprint density at radius 1 is 0.959 bits per heavy atom. The topological polar surface area (TPSA) is 115 Å². The van der Waals surface area contributed by atoms with Crippen molar-refractivity contribution in [3.8, 4) is 11.1 Å². The highest BCUT2D eigenvalue weighted by atomic mass is 16.5. The van der Waals surface area contributed by atoms with E-state index in [2.05, 4.69) is 58.7 Å². The fourth-order valence-corrected chi connectivity index (χ4v) is 7.76. The number of hydrogen-bond acceptors (Lipinski definition) is 9. The lowest BCUT2D eigenvalue weighted by Gasteiger charge is -2.40. The molecule has 49 heavy (non-hydrogen) atoms. The van der Waals surface area contributed by atoms with Gasteiger partial charge in [0, 0.05) is 54.9 Å². The van der Waals surface area contributed by atoms with Gasteiger partial charge in [-0.05, 0) is 94.9 Å². The van der Waals surface area contributed by atoms with Crippen LogP contribution in [0, 0.1) is 19.3 Å². The van der Waals surface area contributed by atoms with Crippen LogP contribution in [0.15, 0.2) is 30.5 Å². The number of pyridine rings is 1. The number of aromatic nitrogens is 3. The summed E-state index contributed by atoms with van der Waals surface area (Å²) in [7, 11) is 0. The van der Waals surface area contributed by atoms with E-state index in [-0.39, 0.29) is 6.42 Å². The molecule has 0 saturated carbocycles. The van der Waals surface area contributed by atoms with E-state index < -0.39 is 11.6 Å². The number of carboxylic acids is 1. The molecule has 264 valence electrons. The van der Waals surface area contributed by atoms with E-state index in [0.29, 0.717) is 17.5 Å². The van der Waals surface area contributed by atoms with E-state index >= 15 is 0 Å². The molecule has 2 aromatic heterocycles. The minimum atomic E-state index is -0.817. The number of aliphatic carboxylic acids is 1. The maximum Gasteiger partial charge on any atom is 0.307 e. The van der Waals surface area contributed by atoms with Crippen molar-refractivity contribution in [3.63, 3.8) is 0 Å². The number of piperidine rings is 1. The number of benzene rings is 1. The third-order valence-corrected chi connectivity index (χ3v) is 10.3. The summed E-state index contributed by atoms with van der Waals surface area (Å²) < 4.78 is 5.78. The largest absolute Gasteiger partial charge is 0.481 e. The zero-order valence-corrected chi connectivity index (χ0v) is 30.4. The van der Waals surface area contributed by atoms with Crippen LogP contribution in [-0.4, -0.2) is 81.7 Å². The van der Waals surface area contributed by atoms with Gasteiger partial charge in [0.1, 0.15) is 5.82 Å². The van der Waals surface area contributed by atoms with Gasteiger partial charge in [0.2, 0.25) is 5.95 Å². The maximum atomic E-state index is 12.0. The Morgan fingerprint density at radius 2 is 1.63 bits per heavy atom. The Bertz CT molecular complexity index is 1650. The van der Waals surface area contributed by atoms with Gasteiger partial charge in [0.25, 0.3) is 0 Å². The quantitative estimate of drug-likeness (QED) is 0.318. The molecule has 4 aliphatic heterocycles.